The summed E-state index contributed by atoms with van der Waals surface area (Å²) in [5.41, 5.74) is 0.636. The Hall–Kier alpha value is -1.24. The van der Waals surface area contributed by atoms with E-state index >= 15 is 0 Å². The summed E-state index contributed by atoms with van der Waals surface area (Å²) in [6.07, 6.45) is 4.64. The topological polar surface area (TPSA) is 87.1 Å². The van der Waals surface area contributed by atoms with Crippen LogP contribution in [0.25, 0.3) is 0 Å². The second kappa shape index (κ2) is 10.5. The van der Waals surface area contributed by atoms with Crippen LogP contribution in [0, 0.1) is 5.92 Å². The first kappa shape index (κ1) is 19.8. The van der Waals surface area contributed by atoms with Gasteiger partial charge in [-0.15, -0.1) is 12.4 Å². The van der Waals surface area contributed by atoms with Crippen molar-refractivity contribution in [3.05, 3.63) is 18.0 Å². The number of halogens is 1. The van der Waals surface area contributed by atoms with Crippen molar-refractivity contribution in [3.8, 4) is 0 Å². The maximum atomic E-state index is 11.5. The molecule has 0 bridgehead atoms. The highest BCUT2D eigenvalue weighted by Gasteiger charge is 2.11. The Balaban J connectivity index is 0.00000400. The van der Waals surface area contributed by atoms with Crippen LogP contribution in [0.3, 0.4) is 0 Å². The molecule has 0 saturated carbocycles. The molecule has 7 heteroatoms. The van der Waals surface area contributed by atoms with E-state index in [1.165, 1.54) is 12.4 Å². The minimum absolute atomic E-state index is 0. The van der Waals surface area contributed by atoms with Crippen molar-refractivity contribution in [1.29, 1.82) is 0 Å². The van der Waals surface area contributed by atoms with Gasteiger partial charge in [0, 0.05) is 30.4 Å². The monoisotopic (exact) mass is 316 g/mol. The number of hydrogen-bond acceptors (Lipinski definition) is 5. The highest BCUT2D eigenvalue weighted by atomic mass is 35.5. The van der Waals surface area contributed by atoms with Gasteiger partial charge in [0.15, 0.2) is 0 Å². The Morgan fingerprint density at radius 1 is 1.33 bits per heavy atom. The number of aliphatic hydroxyl groups is 1. The molecular weight excluding hydrogens is 292 g/mol. The zero-order valence-electron chi connectivity index (χ0n) is 12.8. The molecular formula is C14H25ClN4O2. The van der Waals surface area contributed by atoms with Crippen molar-refractivity contribution < 1.29 is 9.90 Å². The van der Waals surface area contributed by atoms with Crippen LogP contribution < -0.4 is 10.6 Å². The Labute approximate surface area is 132 Å². The van der Waals surface area contributed by atoms with Gasteiger partial charge in [-0.3, -0.25) is 10.1 Å². The SMILES string of the molecule is CCCCNC[C@H](O)c1cnc(NC(=O)C(C)C)nc1.Cl. The van der Waals surface area contributed by atoms with Crippen molar-refractivity contribution in [3.63, 3.8) is 0 Å². The molecule has 1 aromatic rings. The lowest BCUT2D eigenvalue weighted by atomic mass is 10.2. The zero-order valence-corrected chi connectivity index (χ0v) is 13.6. The Bertz CT molecular complexity index is 412. The van der Waals surface area contributed by atoms with Gasteiger partial charge in [0.25, 0.3) is 0 Å². The van der Waals surface area contributed by atoms with Gasteiger partial charge in [0.05, 0.1) is 6.10 Å². The largest absolute Gasteiger partial charge is 0.387 e. The third-order valence-corrected chi connectivity index (χ3v) is 2.86. The fourth-order valence-corrected chi connectivity index (χ4v) is 1.49. The minimum atomic E-state index is -0.637. The van der Waals surface area contributed by atoms with Crippen molar-refractivity contribution in [2.75, 3.05) is 18.4 Å². The molecule has 0 aliphatic carbocycles. The van der Waals surface area contributed by atoms with E-state index in [1.807, 2.05) is 0 Å². The third kappa shape index (κ3) is 7.36. The Morgan fingerprint density at radius 3 is 2.48 bits per heavy atom. The molecule has 0 fully saturated rings. The molecule has 0 aliphatic heterocycles. The van der Waals surface area contributed by atoms with Crippen LogP contribution in [0.1, 0.15) is 45.3 Å². The van der Waals surface area contributed by atoms with Crippen LogP contribution in [0.4, 0.5) is 5.95 Å². The first-order valence-electron chi connectivity index (χ1n) is 7.06. The van der Waals surface area contributed by atoms with Gasteiger partial charge in [-0.2, -0.15) is 0 Å². The number of rotatable bonds is 8. The fourth-order valence-electron chi connectivity index (χ4n) is 1.49. The maximum absolute atomic E-state index is 11.5. The molecule has 0 aromatic carbocycles. The number of carbonyl (C=O) groups is 1. The molecule has 120 valence electrons. The predicted octanol–water partition coefficient (Wildman–Crippen LogP) is 1.92. The quantitative estimate of drug-likeness (QED) is 0.638. The van der Waals surface area contributed by atoms with Crippen molar-refractivity contribution in [2.45, 2.75) is 39.7 Å². The molecule has 1 amide bonds. The molecule has 21 heavy (non-hydrogen) atoms. The van der Waals surface area contributed by atoms with Crippen LogP contribution >= 0.6 is 12.4 Å². The fraction of sp³-hybridized carbons (Fsp3) is 0.643. The molecule has 1 atom stereocenters. The van der Waals surface area contributed by atoms with Crippen LogP contribution in [0.5, 0.6) is 0 Å². The standard InChI is InChI=1S/C14H24N4O2.ClH/c1-4-5-6-15-9-12(19)11-7-16-14(17-8-11)18-13(20)10(2)3;/h7-8,10,12,15,19H,4-6,9H2,1-3H3,(H,16,17,18,20);1H/t12-;/m0./s1. The lowest BCUT2D eigenvalue weighted by Crippen LogP contribution is -2.23. The van der Waals surface area contributed by atoms with E-state index in [1.54, 1.807) is 13.8 Å². The molecule has 0 saturated heterocycles. The van der Waals surface area contributed by atoms with Crippen LogP contribution in [0.15, 0.2) is 12.4 Å². The summed E-state index contributed by atoms with van der Waals surface area (Å²) in [5, 5.41) is 15.7. The third-order valence-electron chi connectivity index (χ3n) is 2.86. The normalized spacial score (nSPS) is 11.9. The molecule has 0 aliphatic rings. The van der Waals surface area contributed by atoms with Crippen LogP contribution in [-0.4, -0.2) is 34.1 Å². The average molecular weight is 317 g/mol. The number of nitrogens with zero attached hydrogens (tertiary/aromatic N) is 2. The molecule has 1 aromatic heterocycles. The Kier molecular flexibility index (Phi) is 9.86. The summed E-state index contributed by atoms with van der Waals surface area (Å²) < 4.78 is 0. The molecule has 3 N–H and O–H groups in total. The number of aliphatic hydroxyl groups excluding tert-OH is 1. The number of hydrogen-bond donors (Lipinski definition) is 3. The number of aromatic nitrogens is 2. The molecule has 0 spiro atoms. The van der Waals surface area contributed by atoms with Crippen LogP contribution in [-0.2, 0) is 4.79 Å². The van der Waals surface area contributed by atoms with E-state index in [4.69, 9.17) is 0 Å². The average Bonchev–Trinajstić information content (AvgIpc) is 2.44. The number of nitrogens with one attached hydrogen (secondary N) is 2. The van der Waals surface area contributed by atoms with Gasteiger partial charge in [-0.1, -0.05) is 27.2 Å². The highest BCUT2D eigenvalue weighted by Crippen LogP contribution is 2.11. The predicted molar refractivity (Wildman–Crippen MR) is 85.5 cm³/mol. The zero-order chi connectivity index (χ0) is 15.0. The first-order chi connectivity index (χ1) is 9.54. The van der Waals surface area contributed by atoms with Crippen molar-refractivity contribution in [2.24, 2.45) is 5.92 Å². The lowest BCUT2D eigenvalue weighted by Gasteiger charge is -2.12. The summed E-state index contributed by atoms with van der Waals surface area (Å²) in [6, 6.07) is 0. The van der Waals surface area contributed by atoms with E-state index in [0.717, 1.165) is 19.4 Å². The second-order valence-electron chi connectivity index (χ2n) is 5.06. The minimum Gasteiger partial charge on any atom is -0.387 e. The molecule has 0 radical (unpaired) electrons. The first-order valence-corrected chi connectivity index (χ1v) is 7.06. The van der Waals surface area contributed by atoms with E-state index < -0.39 is 6.10 Å². The summed E-state index contributed by atoms with van der Waals surface area (Å²) in [7, 11) is 0. The maximum Gasteiger partial charge on any atom is 0.229 e. The van der Waals surface area contributed by atoms with Gasteiger partial charge < -0.3 is 10.4 Å². The highest BCUT2D eigenvalue weighted by molar-refractivity contribution is 5.90. The van der Waals surface area contributed by atoms with E-state index in [2.05, 4.69) is 27.5 Å². The summed E-state index contributed by atoms with van der Waals surface area (Å²) in [4.78, 5) is 19.6. The number of amides is 1. The van der Waals surface area contributed by atoms with Crippen LogP contribution in [0.2, 0.25) is 0 Å². The van der Waals surface area contributed by atoms with Gasteiger partial charge in [0.2, 0.25) is 11.9 Å². The van der Waals surface area contributed by atoms with Gasteiger partial charge in [-0.25, -0.2) is 9.97 Å². The van der Waals surface area contributed by atoms with Crippen molar-refractivity contribution >= 4 is 24.3 Å². The van der Waals surface area contributed by atoms with E-state index in [9.17, 15) is 9.90 Å². The number of carbonyl (C=O) groups excluding carboxylic acids is 1. The number of anilines is 1. The number of unbranched alkanes of at least 4 members (excludes halogenated alkanes) is 1. The molecule has 6 nitrogen and oxygen atoms in total. The molecule has 1 rings (SSSR count). The smallest absolute Gasteiger partial charge is 0.229 e. The molecule has 1 heterocycles. The summed E-state index contributed by atoms with van der Waals surface area (Å²) in [5.74, 6) is 0.0183. The van der Waals surface area contributed by atoms with E-state index in [0.29, 0.717) is 12.1 Å². The Morgan fingerprint density at radius 2 is 1.95 bits per heavy atom. The van der Waals surface area contributed by atoms with Crippen molar-refractivity contribution in [1.82, 2.24) is 15.3 Å². The summed E-state index contributed by atoms with van der Waals surface area (Å²) in [6.45, 7) is 7.08. The summed E-state index contributed by atoms with van der Waals surface area (Å²) >= 11 is 0. The van der Waals surface area contributed by atoms with Gasteiger partial charge >= 0.3 is 0 Å². The lowest BCUT2D eigenvalue weighted by molar-refractivity contribution is -0.118. The van der Waals surface area contributed by atoms with Gasteiger partial charge in [-0.05, 0) is 13.0 Å². The second-order valence-corrected chi connectivity index (χ2v) is 5.06. The van der Waals surface area contributed by atoms with E-state index in [-0.39, 0.29) is 30.2 Å². The van der Waals surface area contributed by atoms with Gasteiger partial charge in [0.1, 0.15) is 0 Å². The molecule has 0 unspecified atom stereocenters.